The molecule has 0 amide bonds. The lowest BCUT2D eigenvalue weighted by Crippen LogP contribution is -2.08. The summed E-state index contributed by atoms with van der Waals surface area (Å²) in [6.07, 6.45) is 2.21. The number of halogens is 1. The quantitative estimate of drug-likeness (QED) is 0.283. The van der Waals surface area contributed by atoms with Crippen LogP contribution in [-0.4, -0.2) is 33.2 Å². The van der Waals surface area contributed by atoms with Crippen molar-refractivity contribution in [2.24, 2.45) is 5.92 Å². The van der Waals surface area contributed by atoms with E-state index in [1.54, 1.807) is 23.5 Å². The molecule has 2 aromatic carbocycles. The van der Waals surface area contributed by atoms with Gasteiger partial charge in [0.2, 0.25) is 0 Å². The number of aromatic nitrogens is 3. The normalized spacial score (nSPS) is 14.0. The van der Waals surface area contributed by atoms with E-state index in [1.807, 2.05) is 43.3 Å². The maximum absolute atomic E-state index is 14.8. The molecule has 0 aliphatic heterocycles. The molecule has 1 N–H and O–H groups in total. The van der Waals surface area contributed by atoms with E-state index in [2.05, 4.69) is 10.3 Å². The predicted octanol–water partition coefficient (Wildman–Crippen LogP) is 6.00. The smallest absolute Gasteiger partial charge is 0.303 e. The van der Waals surface area contributed by atoms with E-state index < -0.39 is 11.8 Å². The molecule has 2 heterocycles. The first-order valence-corrected chi connectivity index (χ1v) is 12.5. The standard InChI is InChI=1S/C27H26FN3O4S/c1-16-6-11-25(36-16)27-23(29-30-31(27)24-13-19(34-2)9-10-22(24)28)15-35-20-5-3-4-18(12-20)21(14-26(32)33)17-7-8-17/h3-6,9-13,17,21H,7-8,14-15H2,1-2H3,(H,32,33)/t21-/m0/s1. The van der Waals surface area contributed by atoms with Gasteiger partial charge in [-0.25, -0.2) is 9.07 Å². The molecule has 186 valence electrons. The van der Waals surface area contributed by atoms with Crippen LogP contribution in [0.2, 0.25) is 0 Å². The van der Waals surface area contributed by atoms with Crippen molar-refractivity contribution in [3.8, 4) is 27.8 Å². The first-order chi connectivity index (χ1) is 17.4. The lowest BCUT2D eigenvalue weighted by molar-refractivity contribution is -0.137. The van der Waals surface area contributed by atoms with Crippen LogP contribution in [0.1, 0.15) is 41.3 Å². The number of hydrogen-bond acceptors (Lipinski definition) is 6. The van der Waals surface area contributed by atoms with Crippen LogP contribution in [0, 0.1) is 18.7 Å². The van der Waals surface area contributed by atoms with Gasteiger partial charge in [0.25, 0.3) is 0 Å². The second-order valence-corrected chi connectivity index (χ2v) is 10.2. The summed E-state index contributed by atoms with van der Waals surface area (Å²) in [7, 11) is 1.53. The fourth-order valence-corrected chi connectivity index (χ4v) is 5.32. The Hall–Kier alpha value is -3.72. The Morgan fingerprint density at radius 1 is 1.19 bits per heavy atom. The zero-order valence-electron chi connectivity index (χ0n) is 20.0. The number of benzene rings is 2. The van der Waals surface area contributed by atoms with Crippen LogP contribution in [0.25, 0.3) is 16.3 Å². The topological polar surface area (TPSA) is 86.5 Å². The fraction of sp³-hybridized carbons (Fsp3) is 0.296. The predicted molar refractivity (Wildman–Crippen MR) is 134 cm³/mol. The van der Waals surface area contributed by atoms with Crippen molar-refractivity contribution in [3.05, 3.63) is 76.5 Å². The van der Waals surface area contributed by atoms with Crippen LogP contribution in [0.5, 0.6) is 11.5 Å². The highest BCUT2D eigenvalue weighted by Gasteiger charge is 2.34. The molecule has 36 heavy (non-hydrogen) atoms. The fourth-order valence-electron chi connectivity index (χ4n) is 4.40. The molecule has 0 saturated heterocycles. The molecule has 1 aliphatic rings. The molecule has 9 heteroatoms. The molecule has 1 saturated carbocycles. The Morgan fingerprint density at radius 2 is 2.03 bits per heavy atom. The van der Waals surface area contributed by atoms with Crippen molar-refractivity contribution in [1.82, 2.24) is 15.0 Å². The number of aliphatic carboxylic acids is 1. The molecule has 0 unspecified atom stereocenters. The monoisotopic (exact) mass is 507 g/mol. The van der Waals surface area contributed by atoms with Gasteiger partial charge in [0.1, 0.15) is 41.0 Å². The number of carbonyl (C=O) groups is 1. The number of carboxylic acids is 1. The van der Waals surface area contributed by atoms with Crippen molar-refractivity contribution in [2.75, 3.05) is 7.11 Å². The van der Waals surface area contributed by atoms with E-state index >= 15 is 0 Å². The minimum atomic E-state index is -0.796. The molecule has 0 spiro atoms. The van der Waals surface area contributed by atoms with Crippen molar-refractivity contribution < 1.29 is 23.8 Å². The molecule has 1 atom stereocenters. The lowest BCUT2D eigenvalue weighted by atomic mass is 9.91. The van der Waals surface area contributed by atoms with Gasteiger partial charge in [0, 0.05) is 10.9 Å². The van der Waals surface area contributed by atoms with E-state index in [9.17, 15) is 14.3 Å². The van der Waals surface area contributed by atoms with Gasteiger partial charge in [-0.05, 0) is 73.6 Å². The number of rotatable bonds is 10. The molecule has 1 fully saturated rings. The summed E-state index contributed by atoms with van der Waals surface area (Å²) in [4.78, 5) is 13.4. The van der Waals surface area contributed by atoms with Crippen LogP contribution in [0.3, 0.4) is 0 Å². The third-order valence-electron chi connectivity index (χ3n) is 6.34. The summed E-state index contributed by atoms with van der Waals surface area (Å²) >= 11 is 1.56. The molecule has 0 bridgehead atoms. The molecular weight excluding hydrogens is 481 g/mol. The number of hydrogen-bond donors (Lipinski definition) is 1. The van der Waals surface area contributed by atoms with Gasteiger partial charge in [0.15, 0.2) is 0 Å². The first kappa shape index (κ1) is 24.0. The number of methoxy groups -OCH3 is 1. The summed E-state index contributed by atoms with van der Waals surface area (Å²) < 4.78 is 27.7. The highest BCUT2D eigenvalue weighted by Crippen LogP contribution is 2.45. The third-order valence-corrected chi connectivity index (χ3v) is 7.35. The molecule has 7 nitrogen and oxygen atoms in total. The Labute approximate surface area is 212 Å². The van der Waals surface area contributed by atoms with E-state index in [1.165, 1.54) is 17.9 Å². The Morgan fingerprint density at radius 3 is 2.72 bits per heavy atom. The Bertz CT molecular complexity index is 1400. The second kappa shape index (κ2) is 10.1. The average Bonchev–Trinajstić information content (AvgIpc) is 3.49. The molecule has 0 radical (unpaired) electrons. The van der Waals surface area contributed by atoms with Crippen molar-refractivity contribution >= 4 is 17.3 Å². The van der Waals surface area contributed by atoms with Gasteiger partial charge < -0.3 is 14.6 Å². The summed E-state index contributed by atoms with van der Waals surface area (Å²) in [5, 5.41) is 17.9. The molecular formula is C27H26FN3O4S. The maximum atomic E-state index is 14.8. The number of ether oxygens (including phenoxy) is 2. The van der Waals surface area contributed by atoms with Gasteiger partial charge in [-0.2, -0.15) is 0 Å². The van der Waals surface area contributed by atoms with E-state index in [0.29, 0.717) is 28.8 Å². The van der Waals surface area contributed by atoms with Crippen molar-refractivity contribution in [3.63, 3.8) is 0 Å². The van der Waals surface area contributed by atoms with Gasteiger partial charge >= 0.3 is 5.97 Å². The van der Waals surface area contributed by atoms with Crippen LogP contribution < -0.4 is 9.47 Å². The lowest BCUT2D eigenvalue weighted by Gasteiger charge is -2.16. The van der Waals surface area contributed by atoms with Crippen molar-refractivity contribution in [1.29, 1.82) is 0 Å². The summed E-state index contributed by atoms with van der Waals surface area (Å²) in [6, 6.07) is 16.0. The first-order valence-electron chi connectivity index (χ1n) is 11.7. The third kappa shape index (κ3) is 5.11. The van der Waals surface area contributed by atoms with E-state index in [0.717, 1.165) is 28.2 Å². The highest BCUT2D eigenvalue weighted by molar-refractivity contribution is 7.15. The van der Waals surface area contributed by atoms with Crippen molar-refractivity contribution in [2.45, 2.75) is 38.7 Å². The van der Waals surface area contributed by atoms with E-state index in [4.69, 9.17) is 9.47 Å². The molecule has 2 aromatic heterocycles. The Balaban J connectivity index is 1.45. The van der Waals surface area contributed by atoms with Crippen LogP contribution in [-0.2, 0) is 11.4 Å². The Kier molecular flexibility index (Phi) is 6.73. The molecule has 1 aliphatic carbocycles. The number of nitrogens with zero attached hydrogens (tertiary/aromatic N) is 3. The maximum Gasteiger partial charge on any atom is 0.303 e. The number of aryl methyl sites for hydroxylation is 1. The highest BCUT2D eigenvalue weighted by atomic mass is 32.1. The van der Waals surface area contributed by atoms with Gasteiger partial charge in [-0.1, -0.05) is 17.3 Å². The van der Waals surface area contributed by atoms with Crippen LogP contribution in [0.15, 0.2) is 54.6 Å². The minimum absolute atomic E-state index is 0.0207. The molecule has 4 aromatic rings. The molecule has 5 rings (SSSR count). The second-order valence-electron chi connectivity index (χ2n) is 8.93. The summed E-state index contributed by atoms with van der Waals surface area (Å²) in [5.74, 6) is 0.279. The van der Waals surface area contributed by atoms with Gasteiger partial charge in [-0.3, -0.25) is 4.79 Å². The van der Waals surface area contributed by atoms with Gasteiger partial charge in [-0.15, -0.1) is 16.4 Å². The summed E-state index contributed by atoms with van der Waals surface area (Å²) in [5.41, 5.74) is 2.41. The largest absolute Gasteiger partial charge is 0.497 e. The zero-order chi connectivity index (χ0) is 25.2. The summed E-state index contributed by atoms with van der Waals surface area (Å²) in [6.45, 7) is 2.12. The number of thiophene rings is 1. The SMILES string of the molecule is COc1ccc(F)c(-n2nnc(COc3cccc([C@@H](CC(=O)O)C4CC4)c3)c2-c2ccc(C)s2)c1. The van der Waals surface area contributed by atoms with Crippen LogP contribution in [0.4, 0.5) is 4.39 Å². The van der Waals surface area contributed by atoms with E-state index in [-0.39, 0.29) is 24.6 Å². The van der Waals surface area contributed by atoms with Crippen LogP contribution >= 0.6 is 11.3 Å². The van der Waals surface area contributed by atoms with Gasteiger partial charge in [0.05, 0.1) is 18.4 Å². The number of carboxylic acid groups (broad SMARTS) is 1. The zero-order valence-corrected chi connectivity index (χ0v) is 20.8. The minimum Gasteiger partial charge on any atom is -0.497 e. The average molecular weight is 508 g/mol.